The van der Waals surface area contributed by atoms with E-state index < -0.39 is 10.0 Å². The van der Waals surface area contributed by atoms with Crippen LogP contribution in [0.1, 0.15) is 60.9 Å². The Hall–Kier alpha value is -1.60. The molecule has 1 amide bonds. The van der Waals surface area contributed by atoms with Crippen molar-refractivity contribution in [2.24, 2.45) is 17.8 Å². The fraction of sp³-hybridized carbons (Fsp3) is 0.696. The molecule has 6 nitrogen and oxygen atoms in total. The molecule has 4 saturated carbocycles. The van der Waals surface area contributed by atoms with Gasteiger partial charge in [-0.2, -0.15) is 0 Å². The third-order valence-corrected chi connectivity index (χ3v) is 8.78. The van der Waals surface area contributed by atoms with E-state index in [1.165, 1.54) is 49.1 Å². The lowest BCUT2D eigenvalue weighted by atomic mass is 9.54. The summed E-state index contributed by atoms with van der Waals surface area (Å²) in [6, 6.07) is 5.32. The van der Waals surface area contributed by atoms with E-state index in [1.54, 1.807) is 12.1 Å². The van der Waals surface area contributed by atoms with Gasteiger partial charge in [0.25, 0.3) is 5.91 Å². The van der Waals surface area contributed by atoms with Crippen LogP contribution in [0.2, 0.25) is 0 Å². The molecule has 0 atom stereocenters. The molecule has 0 saturated heterocycles. The average molecular weight is 433 g/mol. The molecule has 6 rings (SSSR count). The minimum Gasteiger partial charge on any atom is -0.373 e. The number of nitrogens with zero attached hydrogens (tertiary/aromatic N) is 1. The van der Waals surface area contributed by atoms with E-state index in [4.69, 9.17) is 4.74 Å². The van der Waals surface area contributed by atoms with Crippen LogP contribution in [-0.4, -0.2) is 45.9 Å². The van der Waals surface area contributed by atoms with Crippen molar-refractivity contribution in [1.29, 1.82) is 0 Å². The van der Waals surface area contributed by atoms with Crippen LogP contribution < -0.4 is 9.62 Å². The molecule has 1 N–H and O–H groups in total. The Kier molecular flexibility index (Phi) is 5.09. The second-order valence-electron chi connectivity index (χ2n) is 9.99. The van der Waals surface area contributed by atoms with Gasteiger partial charge in [0.15, 0.2) is 0 Å². The SMILES string of the molecule is CS(=O)(=O)N1CCCc2cc(C(=O)NCCOC34CC5CC(CC(C5)C3)C4)ccc21. The van der Waals surface area contributed by atoms with E-state index in [9.17, 15) is 13.2 Å². The van der Waals surface area contributed by atoms with Gasteiger partial charge in [-0.25, -0.2) is 8.42 Å². The van der Waals surface area contributed by atoms with Crippen molar-refractivity contribution >= 4 is 21.6 Å². The van der Waals surface area contributed by atoms with Crippen LogP contribution in [-0.2, 0) is 21.2 Å². The number of hydrogen-bond acceptors (Lipinski definition) is 4. The number of ether oxygens (including phenoxy) is 1. The molecule has 4 aliphatic carbocycles. The topological polar surface area (TPSA) is 75.7 Å². The van der Waals surface area contributed by atoms with E-state index >= 15 is 0 Å². The number of rotatable bonds is 6. The normalized spacial score (nSPS) is 32.2. The van der Waals surface area contributed by atoms with Crippen molar-refractivity contribution < 1.29 is 17.9 Å². The van der Waals surface area contributed by atoms with Crippen LogP contribution in [0.3, 0.4) is 0 Å². The highest BCUT2D eigenvalue weighted by Gasteiger charge is 2.51. The number of benzene rings is 1. The summed E-state index contributed by atoms with van der Waals surface area (Å²) >= 11 is 0. The number of fused-ring (bicyclic) bond motifs is 1. The molecule has 7 heteroatoms. The molecule has 1 aromatic rings. The molecule has 1 heterocycles. The van der Waals surface area contributed by atoms with Crippen molar-refractivity contribution in [3.63, 3.8) is 0 Å². The van der Waals surface area contributed by atoms with Gasteiger partial charge in [0.2, 0.25) is 10.0 Å². The average Bonchev–Trinajstić information content (AvgIpc) is 2.68. The zero-order valence-corrected chi connectivity index (χ0v) is 18.5. The number of sulfonamides is 1. The molecule has 1 aliphatic heterocycles. The first kappa shape index (κ1) is 20.3. The van der Waals surface area contributed by atoms with Gasteiger partial charge in [0.1, 0.15) is 0 Å². The fourth-order valence-corrected chi connectivity index (χ4v) is 7.79. The maximum atomic E-state index is 12.6. The Balaban J connectivity index is 1.17. The standard InChI is InChI=1S/C23H32N2O4S/c1-30(27,28)25-7-2-3-19-12-20(4-5-21(19)25)22(26)24-6-8-29-23-13-16-9-17(14-23)11-18(10-16)15-23/h4-5,12,16-18H,2-3,6-11,13-15H2,1H3,(H,24,26). The lowest BCUT2D eigenvalue weighted by molar-refractivity contribution is -0.160. The van der Waals surface area contributed by atoms with Crippen LogP contribution >= 0.6 is 0 Å². The van der Waals surface area contributed by atoms with Gasteiger partial charge in [0.05, 0.1) is 24.2 Å². The Labute approximate surface area is 179 Å². The Bertz CT molecular complexity index is 907. The van der Waals surface area contributed by atoms with Crippen LogP contribution in [0, 0.1) is 17.8 Å². The monoisotopic (exact) mass is 432 g/mol. The highest BCUT2D eigenvalue weighted by atomic mass is 32.2. The lowest BCUT2D eigenvalue weighted by Crippen LogP contribution is -2.52. The minimum atomic E-state index is -3.29. The number of anilines is 1. The smallest absolute Gasteiger partial charge is 0.251 e. The maximum absolute atomic E-state index is 12.6. The van der Waals surface area contributed by atoms with Crippen molar-refractivity contribution in [3.05, 3.63) is 29.3 Å². The molecule has 164 valence electrons. The van der Waals surface area contributed by atoms with Gasteiger partial charge >= 0.3 is 0 Å². The third-order valence-electron chi connectivity index (χ3n) is 7.60. The second kappa shape index (κ2) is 7.52. The Morgan fingerprint density at radius 1 is 1.17 bits per heavy atom. The summed E-state index contributed by atoms with van der Waals surface area (Å²) in [6.45, 7) is 1.57. The number of aryl methyl sites for hydroxylation is 1. The first-order chi connectivity index (χ1) is 14.3. The predicted octanol–water partition coefficient (Wildman–Crippen LogP) is 3.11. The molecule has 0 aromatic heterocycles. The summed E-state index contributed by atoms with van der Waals surface area (Å²) in [5.74, 6) is 2.44. The number of amides is 1. The zero-order valence-electron chi connectivity index (χ0n) is 17.7. The number of hydrogen-bond donors (Lipinski definition) is 1. The van der Waals surface area contributed by atoms with Crippen LogP contribution in [0.4, 0.5) is 5.69 Å². The van der Waals surface area contributed by atoms with Gasteiger partial charge < -0.3 is 10.1 Å². The highest BCUT2D eigenvalue weighted by Crippen LogP contribution is 2.57. The van der Waals surface area contributed by atoms with Crippen LogP contribution in [0.5, 0.6) is 0 Å². The van der Waals surface area contributed by atoms with Gasteiger partial charge in [-0.05, 0) is 92.9 Å². The van der Waals surface area contributed by atoms with Crippen molar-refractivity contribution in [3.8, 4) is 0 Å². The van der Waals surface area contributed by atoms with E-state index in [2.05, 4.69) is 5.32 Å². The number of nitrogens with one attached hydrogen (secondary N) is 1. The number of carbonyl (C=O) groups excluding carboxylic acids is 1. The summed E-state index contributed by atoms with van der Waals surface area (Å²) < 4.78 is 31.8. The molecular weight excluding hydrogens is 400 g/mol. The van der Waals surface area contributed by atoms with Gasteiger partial charge in [-0.1, -0.05) is 0 Å². The van der Waals surface area contributed by atoms with E-state index in [0.717, 1.165) is 36.2 Å². The van der Waals surface area contributed by atoms with Crippen LogP contribution in [0.15, 0.2) is 18.2 Å². The van der Waals surface area contributed by atoms with E-state index in [-0.39, 0.29) is 11.5 Å². The minimum absolute atomic E-state index is 0.0698. The van der Waals surface area contributed by atoms with Crippen molar-refractivity contribution in [2.75, 3.05) is 30.3 Å². The quantitative estimate of drug-likeness (QED) is 0.701. The van der Waals surface area contributed by atoms with Gasteiger partial charge in [-0.3, -0.25) is 9.10 Å². The lowest BCUT2D eigenvalue weighted by Gasteiger charge is -2.56. The first-order valence-corrected chi connectivity index (χ1v) is 13.2. The summed E-state index contributed by atoms with van der Waals surface area (Å²) in [5, 5.41) is 2.98. The molecule has 1 aromatic carbocycles. The molecule has 4 fully saturated rings. The Morgan fingerprint density at radius 2 is 1.83 bits per heavy atom. The third kappa shape index (κ3) is 3.86. The molecule has 0 radical (unpaired) electrons. The van der Waals surface area contributed by atoms with Crippen LogP contribution in [0.25, 0.3) is 0 Å². The molecular formula is C23H32N2O4S. The summed E-state index contributed by atoms with van der Waals surface area (Å²) in [4.78, 5) is 12.6. The van der Waals surface area contributed by atoms with Gasteiger partial charge in [-0.15, -0.1) is 0 Å². The molecule has 4 bridgehead atoms. The molecule has 0 unspecified atom stereocenters. The van der Waals surface area contributed by atoms with Gasteiger partial charge in [0, 0.05) is 18.7 Å². The largest absolute Gasteiger partial charge is 0.373 e. The Morgan fingerprint density at radius 3 is 2.47 bits per heavy atom. The summed E-state index contributed by atoms with van der Waals surface area (Å²) in [5.41, 5.74) is 2.27. The maximum Gasteiger partial charge on any atom is 0.251 e. The summed E-state index contributed by atoms with van der Waals surface area (Å²) in [6.07, 6.45) is 10.6. The highest BCUT2D eigenvalue weighted by molar-refractivity contribution is 7.92. The summed E-state index contributed by atoms with van der Waals surface area (Å²) in [7, 11) is -3.29. The predicted molar refractivity (Wildman–Crippen MR) is 116 cm³/mol. The van der Waals surface area contributed by atoms with Crippen molar-refractivity contribution in [1.82, 2.24) is 5.32 Å². The second-order valence-corrected chi connectivity index (χ2v) is 11.9. The number of carbonyl (C=O) groups is 1. The molecule has 30 heavy (non-hydrogen) atoms. The van der Waals surface area contributed by atoms with E-state index in [1.807, 2.05) is 6.07 Å². The molecule has 0 spiro atoms. The first-order valence-electron chi connectivity index (χ1n) is 11.3. The fourth-order valence-electron chi connectivity index (χ4n) is 6.79. The zero-order chi connectivity index (χ0) is 20.9. The van der Waals surface area contributed by atoms with Crippen molar-refractivity contribution in [2.45, 2.75) is 57.0 Å². The molecule has 5 aliphatic rings. The van der Waals surface area contributed by atoms with E-state index in [0.29, 0.717) is 30.9 Å².